The van der Waals surface area contributed by atoms with Crippen molar-refractivity contribution in [1.29, 1.82) is 0 Å². The second-order valence-corrected chi connectivity index (χ2v) is 18.6. The fourth-order valence-electron chi connectivity index (χ4n) is 7.31. The summed E-state index contributed by atoms with van der Waals surface area (Å²) in [6.45, 7) is 56.1. The van der Waals surface area contributed by atoms with Gasteiger partial charge in [-0.3, -0.25) is 24.9 Å². The predicted molar refractivity (Wildman–Crippen MR) is 427 cm³/mol. The summed E-state index contributed by atoms with van der Waals surface area (Å²) in [5, 5.41) is 0. The fourth-order valence-corrected chi connectivity index (χ4v) is 7.31. The van der Waals surface area contributed by atoms with E-state index >= 15 is 0 Å². The van der Waals surface area contributed by atoms with Crippen molar-refractivity contribution in [3.63, 3.8) is 0 Å². The first-order valence-electron chi connectivity index (χ1n) is 35.5. The zero-order chi connectivity index (χ0) is 74.8. The van der Waals surface area contributed by atoms with Crippen LogP contribution < -0.4 is 0 Å². The Balaban J connectivity index is -0.000000183. The third-order valence-corrected chi connectivity index (χ3v) is 11.2. The third kappa shape index (κ3) is 55.9. The quantitative estimate of drug-likeness (QED) is 0.145. The van der Waals surface area contributed by atoms with Crippen LogP contribution in [0.2, 0.25) is 0 Å². The van der Waals surface area contributed by atoms with Gasteiger partial charge in [0.15, 0.2) is 0 Å². The number of rotatable bonds is 0. The molecule has 0 bridgehead atoms. The number of aryl methyl sites for hydroxylation is 8. The minimum Gasteiger partial charge on any atom is -0.312 e. The molecule has 10 heteroatoms. The van der Waals surface area contributed by atoms with Crippen molar-refractivity contribution in [2.75, 3.05) is 21.1 Å². The van der Waals surface area contributed by atoms with E-state index in [-0.39, 0.29) is 0 Å². The average molecular weight is 1310 g/mol. The molecule has 0 radical (unpaired) electrons. The number of hydrogen-bond donors (Lipinski definition) is 0. The molecule has 0 saturated carbocycles. The van der Waals surface area contributed by atoms with Gasteiger partial charge in [0.1, 0.15) is 12.2 Å². The summed E-state index contributed by atoms with van der Waals surface area (Å²) < 4.78 is 0. The standard InChI is InChI=1S/2C15H14.3C6H7N.3C5H6N2.C3H9N.10C2H6/c1-11-5-4-8-14-9-12-6-2-3-7-13(12)10-15(11)14;1-11-6-7-14-9-12-4-2-3-5-13(12)10-15(14)8-11;1-6-2-4-7-5-3-6;1-6-3-2-4-7-5-6;1-6-4-2-3-5-7-6;1-5-4-6-2-3-7-5;1-5-2-3-6-4-7-5;1-5-6-3-2-4-7-5;1-4(2)3;10*1-2/h2*2-8H,9-10H2,1H3;3*2-5H,1H3;3*2-4H,1H3;1-3H3;10*1-2H3. The topological polar surface area (TPSA) is 119 Å². The largest absolute Gasteiger partial charge is 0.312 e. The Morgan fingerprint density at radius 2 is 0.688 bits per heavy atom. The van der Waals surface area contributed by atoms with Crippen molar-refractivity contribution in [2.45, 2.75) is 220 Å². The van der Waals surface area contributed by atoms with E-state index < -0.39 is 0 Å². The van der Waals surface area contributed by atoms with Crippen molar-refractivity contribution in [2.24, 2.45) is 0 Å². The molecule has 530 valence electrons. The molecule has 2 aliphatic carbocycles. The highest BCUT2D eigenvalue weighted by molar-refractivity contribution is 5.48. The molecule has 6 aromatic heterocycles. The minimum atomic E-state index is 0.822. The van der Waals surface area contributed by atoms with Gasteiger partial charge in [0.2, 0.25) is 0 Å². The van der Waals surface area contributed by atoms with E-state index in [2.05, 4.69) is 144 Å². The number of nitrogens with zero attached hydrogens (tertiary/aromatic N) is 10. The Morgan fingerprint density at radius 1 is 0.260 bits per heavy atom. The Hall–Kier alpha value is -8.47. The van der Waals surface area contributed by atoms with Crippen molar-refractivity contribution in [1.82, 2.24) is 49.8 Å². The van der Waals surface area contributed by atoms with Crippen molar-refractivity contribution in [3.05, 3.63) is 304 Å². The van der Waals surface area contributed by atoms with E-state index in [0.717, 1.165) is 48.6 Å². The van der Waals surface area contributed by atoms with Crippen LogP contribution in [0.15, 0.2) is 214 Å². The predicted octanol–water partition coefficient (Wildman–Crippen LogP) is 23.9. The van der Waals surface area contributed by atoms with Crippen LogP contribution in [0, 0.1) is 55.4 Å². The first-order chi connectivity index (χ1) is 46.8. The van der Waals surface area contributed by atoms with Crippen LogP contribution in [0.5, 0.6) is 0 Å². The lowest BCUT2D eigenvalue weighted by atomic mass is 9.84. The molecule has 4 aromatic carbocycles. The fraction of sp³-hybridized carbons (Fsp3) is 0.407. The summed E-state index contributed by atoms with van der Waals surface area (Å²) in [5.41, 5.74) is 20.4. The van der Waals surface area contributed by atoms with Gasteiger partial charge in [-0.25, -0.2) is 19.9 Å². The molecule has 12 rings (SSSR count). The zero-order valence-electron chi connectivity index (χ0n) is 66.5. The number of pyridine rings is 3. The lowest BCUT2D eigenvalue weighted by molar-refractivity contribution is 0.505. The first kappa shape index (κ1) is 101. The Labute approximate surface area is 591 Å². The van der Waals surface area contributed by atoms with Gasteiger partial charge in [0.25, 0.3) is 0 Å². The highest BCUT2D eigenvalue weighted by Crippen LogP contribution is 2.29. The second-order valence-electron chi connectivity index (χ2n) is 18.6. The molecule has 0 amide bonds. The van der Waals surface area contributed by atoms with Crippen molar-refractivity contribution in [3.8, 4) is 0 Å². The van der Waals surface area contributed by atoms with Crippen LogP contribution >= 0.6 is 0 Å². The minimum absolute atomic E-state index is 0.822. The molecule has 0 atom stereocenters. The molecular formula is C86H136N10. The summed E-state index contributed by atoms with van der Waals surface area (Å²) >= 11 is 0. The molecule has 96 heavy (non-hydrogen) atoms. The normalized spacial score (nSPS) is 8.92. The van der Waals surface area contributed by atoms with Gasteiger partial charge in [-0.05, 0) is 206 Å². The molecule has 10 aromatic rings. The van der Waals surface area contributed by atoms with Crippen molar-refractivity contribution >= 4 is 0 Å². The van der Waals surface area contributed by atoms with Crippen molar-refractivity contribution < 1.29 is 0 Å². The van der Waals surface area contributed by atoms with Crippen LogP contribution in [-0.2, 0) is 25.7 Å². The molecule has 0 unspecified atom stereocenters. The van der Waals surface area contributed by atoms with E-state index in [1.807, 2.05) is 261 Å². The lowest BCUT2D eigenvalue weighted by Gasteiger charge is -2.21. The van der Waals surface area contributed by atoms with Crippen LogP contribution in [0.1, 0.15) is 228 Å². The highest BCUT2D eigenvalue weighted by Gasteiger charge is 2.16. The van der Waals surface area contributed by atoms with Gasteiger partial charge in [-0.15, -0.1) is 0 Å². The number of hydrogen-bond acceptors (Lipinski definition) is 10. The zero-order valence-corrected chi connectivity index (χ0v) is 66.5. The van der Waals surface area contributed by atoms with Gasteiger partial charge < -0.3 is 4.90 Å². The summed E-state index contributed by atoms with van der Waals surface area (Å²) in [6, 6.07) is 48.4. The maximum absolute atomic E-state index is 3.98. The summed E-state index contributed by atoms with van der Waals surface area (Å²) in [4.78, 5) is 36.8. The molecule has 0 fully saturated rings. The van der Waals surface area contributed by atoms with E-state index in [1.54, 1.807) is 68.0 Å². The van der Waals surface area contributed by atoms with E-state index in [0.29, 0.717) is 0 Å². The number of benzene rings is 4. The van der Waals surface area contributed by atoms with E-state index in [1.165, 1.54) is 73.1 Å². The Kier molecular flexibility index (Phi) is 81.3. The molecule has 0 aliphatic heterocycles. The number of aromatic nitrogens is 9. The molecule has 10 nitrogen and oxygen atoms in total. The molecule has 0 spiro atoms. The Morgan fingerprint density at radius 3 is 1.02 bits per heavy atom. The van der Waals surface area contributed by atoms with Gasteiger partial charge >= 0.3 is 0 Å². The van der Waals surface area contributed by atoms with Gasteiger partial charge in [-0.2, -0.15) is 0 Å². The maximum Gasteiger partial charge on any atom is 0.125 e. The average Bonchev–Trinajstić information content (AvgIpc) is 0.815. The monoisotopic (exact) mass is 1310 g/mol. The van der Waals surface area contributed by atoms with Crippen LogP contribution in [0.4, 0.5) is 0 Å². The smallest absolute Gasteiger partial charge is 0.125 e. The molecule has 0 saturated heterocycles. The second kappa shape index (κ2) is 77.2. The van der Waals surface area contributed by atoms with Gasteiger partial charge in [-0.1, -0.05) is 241 Å². The molecule has 0 N–H and O–H groups in total. The van der Waals surface area contributed by atoms with E-state index in [9.17, 15) is 0 Å². The maximum atomic E-state index is 3.98. The molecule has 2 aliphatic rings. The summed E-state index contributed by atoms with van der Waals surface area (Å²) in [6.07, 6.45) is 25.2. The molecule has 6 heterocycles. The summed E-state index contributed by atoms with van der Waals surface area (Å²) in [7, 11) is 6.00. The Bertz CT molecular complexity index is 2790. The first-order valence-corrected chi connectivity index (χ1v) is 35.5. The lowest BCUT2D eigenvalue weighted by Crippen LogP contribution is -2.08. The van der Waals surface area contributed by atoms with E-state index in [4.69, 9.17) is 0 Å². The highest BCUT2D eigenvalue weighted by atomic mass is 15.0. The van der Waals surface area contributed by atoms with Crippen LogP contribution in [0.3, 0.4) is 0 Å². The molecular weight excluding hydrogens is 1170 g/mol. The van der Waals surface area contributed by atoms with Gasteiger partial charge in [0.05, 0.1) is 5.69 Å². The third-order valence-electron chi connectivity index (χ3n) is 11.2. The van der Waals surface area contributed by atoms with Crippen LogP contribution in [-0.4, -0.2) is 70.9 Å². The number of fused-ring (bicyclic) bond motifs is 4. The van der Waals surface area contributed by atoms with Gasteiger partial charge in [0, 0.05) is 79.6 Å². The summed E-state index contributed by atoms with van der Waals surface area (Å²) in [5.74, 6) is 0.822. The SMILES string of the molecule is CC.CC.CC.CC.CC.CC.CC.CC.CC.CC.CN(C)C.Cc1ccc2c(c1)Cc1ccccc1C2.Cc1cccc2c1Cc1ccccc1C2.Cc1ccccn1.Cc1cccnc1.Cc1ccncc1.Cc1ccncn1.Cc1cnccn1.Cc1ncccn1. The van der Waals surface area contributed by atoms with Crippen LogP contribution in [0.25, 0.3) is 0 Å².